The average Bonchev–Trinajstić information content (AvgIpc) is 2.37. The van der Waals surface area contributed by atoms with Crippen molar-refractivity contribution in [1.29, 1.82) is 0 Å². The molecule has 0 spiro atoms. The van der Waals surface area contributed by atoms with Crippen molar-refractivity contribution in [3.8, 4) is 0 Å². The van der Waals surface area contributed by atoms with Crippen LogP contribution in [0.4, 0.5) is 0 Å². The van der Waals surface area contributed by atoms with Crippen LogP contribution in [0.3, 0.4) is 0 Å². The lowest BCUT2D eigenvalue weighted by Gasteiger charge is -2.23. The van der Waals surface area contributed by atoms with Crippen LogP contribution in [-0.4, -0.2) is 25.2 Å². The van der Waals surface area contributed by atoms with Gasteiger partial charge in [0.25, 0.3) is 0 Å². The van der Waals surface area contributed by atoms with Gasteiger partial charge in [-0.3, -0.25) is 4.79 Å². The zero-order valence-electron chi connectivity index (χ0n) is 10.9. The second kappa shape index (κ2) is 6.40. The van der Waals surface area contributed by atoms with Gasteiger partial charge in [0, 0.05) is 19.1 Å². The minimum atomic E-state index is -0.402. The standard InChI is InChI=1S/C14H21NO2/c1-10(13-8-6-5-7-9-13)11(2)15-14(16)12(3)17-4/h5-12H,1-4H3,(H,15,16)/t10-,11+,12+/m0/s1. The molecular formula is C14H21NO2. The van der Waals surface area contributed by atoms with Crippen LogP contribution in [0.1, 0.15) is 32.3 Å². The number of carbonyl (C=O) groups excluding carboxylic acids is 1. The first kappa shape index (κ1) is 13.7. The van der Waals surface area contributed by atoms with E-state index in [0.717, 1.165) is 0 Å². The maximum Gasteiger partial charge on any atom is 0.249 e. The Morgan fingerprint density at radius 2 is 1.76 bits per heavy atom. The molecule has 0 fully saturated rings. The summed E-state index contributed by atoms with van der Waals surface area (Å²) >= 11 is 0. The molecular weight excluding hydrogens is 214 g/mol. The largest absolute Gasteiger partial charge is 0.372 e. The van der Waals surface area contributed by atoms with Gasteiger partial charge in [-0.25, -0.2) is 0 Å². The number of benzene rings is 1. The fraction of sp³-hybridized carbons (Fsp3) is 0.500. The monoisotopic (exact) mass is 235 g/mol. The normalized spacial score (nSPS) is 16.0. The van der Waals surface area contributed by atoms with E-state index < -0.39 is 6.10 Å². The third-order valence-corrected chi connectivity index (χ3v) is 3.17. The molecule has 1 rings (SSSR count). The second-order valence-corrected chi connectivity index (χ2v) is 4.37. The van der Waals surface area contributed by atoms with Gasteiger partial charge in [0.2, 0.25) is 5.91 Å². The van der Waals surface area contributed by atoms with Crippen molar-refractivity contribution in [1.82, 2.24) is 5.32 Å². The second-order valence-electron chi connectivity index (χ2n) is 4.37. The van der Waals surface area contributed by atoms with Crippen LogP contribution in [0.15, 0.2) is 30.3 Å². The van der Waals surface area contributed by atoms with Gasteiger partial charge in [-0.15, -0.1) is 0 Å². The van der Waals surface area contributed by atoms with E-state index in [1.165, 1.54) is 12.7 Å². The van der Waals surface area contributed by atoms with Gasteiger partial charge in [-0.2, -0.15) is 0 Å². The van der Waals surface area contributed by atoms with Gasteiger partial charge in [0.15, 0.2) is 0 Å². The Hall–Kier alpha value is -1.35. The average molecular weight is 235 g/mol. The van der Waals surface area contributed by atoms with Crippen LogP contribution >= 0.6 is 0 Å². The SMILES string of the molecule is CO[C@H](C)C(=O)N[C@H](C)[C@H](C)c1ccccc1. The molecule has 0 aliphatic heterocycles. The Morgan fingerprint density at radius 1 is 1.18 bits per heavy atom. The van der Waals surface area contributed by atoms with Crippen LogP contribution in [0.25, 0.3) is 0 Å². The molecule has 0 radical (unpaired) electrons. The van der Waals surface area contributed by atoms with Gasteiger partial charge in [0.1, 0.15) is 6.10 Å². The topological polar surface area (TPSA) is 38.3 Å². The lowest BCUT2D eigenvalue weighted by molar-refractivity contribution is -0.130. The van der Waals surface area contributed by atoms with Crippen molar-refractivity contribution in [3.05, 3.63) is 35.9 Å². The molecule has 3 atom stereocenters. The fourth-order valence-electron chi connectivity index (χ4n) is 1.62. The summed E-state index contributed by atoms with van der Waals surface area (Å²) in [6.07, 6.45) is -0.402. The van der Waals surface area contributed by atoms with Crippen LogP contribution in [0.5, 0.6) is 0 Å². The number of amides is 1. The van der Waals surface area contributed by atoms with Gasteiger partial charge in [-0.05, 0) is 19.4 Å². The van der Waals surface area contributed by atoms with Crippen LogP contribution < -0.4 is 5.32 Å². The Balaban J connectivity index is 2.59. The summed E-state index contributed by atoms with van der Waals surface area (Å²) in [5, 5.41) is 2.96. The zero-order chi connectivity index (χ0) is 12.8. The summed E-state index contributed by atoms with van der Waals surface area (Å²) in [5.41, 5.74) is 1.23. The van der Waals surface area contributed by atoms with Gasteiger partial charge in [-0.1, -0.05) is 37.3 Å². The molecule has 1 aromatic rings. The quantitative estimate of drug-likeness (QED) is 0.850. The van der Waals surface area contributed by atoms with Crippen LogP contribution in [0, 0.1) is 0 Å². The van der Waals surface area contributed by atoms with Crippen molar-refractivity contribution in [3.63, 3.8) is 0 Å². The van der Waals surface area contributed by atoms with E-state index in [1.54, 1.807) is 6.92 Å². The van der Waals surface area contributed by atoms with E-state index in [1.807, 2.05) is 25.1 Å². The van der Waals surface area contributed by atoms with E-state index in [4.69, 9.17) is 4.74 Å². The molecule has 17 heavy (non-hydrogen) atoms. The Bertz CT molecular complexity index is 350. The van der Waals surface area contributed by atoms with Crippen LogP contribution in [-0.2, 0) is 9.53 Å². The van der Waals surface area contributed by atoms with E-state index in [0.29, 0.717) is 0 Å². The summed E-state index contributed by atoms with van der Waals surface area (Å²) in [6.45, 7) is 5.87. The minimum absolute atomic E-state index is 0.0669. The van der Waals surface area contributed by atoms with Crippen molar-refractivity contribution in [2.45, 2.75) is 38.8 Å². The van der Waals surface area contributed by atoms with E-state index in [2.05, 4.69) is 24.4 Å². The first-order valence-electron chi connectivity index (χ1n) is 5.94. The third-order valence-electron chi connectivity index (χ3n) is 3.17. The third kappa shape index (κ3) is 3.86. The van der Waals surface area contributed by atoms with Crippen molar-refractivity contribution < 1.29 is 9.53 Å². The van der Waals surface area contributed by atoms with E-state index in [9.17, 15) is 4.79 Å². The predicted molar refractivity (Wildman–Crippen MR) is 68.9 cm³/mol. The number of methoxy groups -OCH3 is 1. The highest BCUT2D eigenvalue weighted by Gasteiger charge is 2.19. The molecule has 94 valence electrons. The molecule has 1 N–H and O–H groups in total. The Labute approximate surface area is 103 Å². The molecule has 3 nitrogen and oxygen atoms in total. The molecule has 0 saturated heterocycles. The van der Waals surface area contributed by atoms with E-state index >= 15 is 0 Å². The highest BCUT2D eigenvalue weighted by Crippen LogP contribution is 2.18. The van der Waals surface area contributed by atoms with Gasteiger partial charge in [0.05, 0.1) is 0 Å². The maximum atomic E-state index is 11.7. The molecule has 1 aromatic carbocycles. The summed E-state index contributed by atoms with van der Waals surface area (Å²) < 4.78 is 4.99. The molecule has 3 heteroatoms. The summed E-state index contributed by atoms with van der Waals surface area (Å²) in [5.74, 6) is 0.215. The fourth-order valence-corrected chi connectivity index (χ4v) is 1.62. The lowest BCUT2D eigenvalue weighted by Crippen LogP contribution is -2.41. The number of hydrogen-bond donors (Lipinski definition) is 1. The predicted octanol–water partition coefficient (Wildman–Crippen LogP) is 2.33. The Kier molecular flexibility index (Phi) is 5.16. The zero-order valence-corrected chi connectivity index (χ0v) is 10.9. The molecule has 0 heterocycles. The van der Waals surface area contributed by atoms with Crippen molar-refractivity contribution in [2.24, 2.45) is 0 Å². The number of rotatable bonds is 5. The van der Waals surface area contributed by atoms with Crippen molar-refractivity contribution in [2.75, 3.05) is 7.11 Å². The molecule has 0 bridgehead atoms. The molecule has 0 aliphatic rings. The first-order valence-corrected chi connectivity index (χ1v) is 5.94. The molecule has 0 saturated carbocycles. The summed E-state index contributed by atoms with van der Waals surface area (Å²) in [7, 11) is 1.54. The van der Waals surface area contributed by atoms with E-state index in [-0.39, 0.29) is 17.9 Å². The molecule has 0 aromatic heterocycles. The summed E-state index contributed by atoms with van der Waals surface area (Å²) in [6, 6.07) is 10.3. The summed E-state index contributed by atoms with van der Waals surface area (Å²) in [4.78, 5) is 11.7. The molecule has 0 aliphatic carbocycles. The number of hydrogen-bond acceptors (Lipinski definition) is 2. The molecule has 1 amide bonds. The lowest BCUT2D eigenvalue weighted by atomic mass is 9.94. The van der Waals surface area contributed by atoms with Gasteiger partial charge >= 0.3 is 0 Å². The van der Waals surface area contributed by atoms with Crippen molar-refractivity contribution >= 4 is 5.91 Å². The highest BCUT2D eigenvalue weighted by atomic mass is 16.5. The Morgan fingerprint density at radius 3 is 2.29 bits per heavy atom. The first-order chi connectivity index (χ1) is 8.06. The minimum Gasteiger partial charge on any atom is -0.372 e. The van der Waals surface area contributed by atoms with Crippen LogP contribution in [0.2, 0.25) is 0 Å². The number of nitrogens with one attached hydrogen (secondary N) is 1. The van der Waals surface area contributed by atoms with Gasteiger partial charge < -0.3 is 10.1 Å². The number of ether oxygens (including phenoxy) is 1. The highest BCUT2D eigenvalue weighted by molar-refractivity contribution is 5.80. The molecule has 0 unspecified atom stereocenters. The smallest absolute Gasteiger partial charge is 0.249 e. The maximum absolute atomic E-state index is 11.7. The number of carbonyl (C=O) groups is 1.